The van der Waals surface area contributed by atoms with Crippen LogP contribution in [0.1, 0.15) is 54.4 Å². The summed E-state index contributed by atoms with van der Waals surface area (Å²) >= 11 is 0. The molecule has 3 aromatic rings. The molecule has 2 amide bonds. The Bertz CT molecular complexity index is 1420. The SMILES string of the molecule is COC(=O)Nc1ccc(S(=O)(=O)N2CCC(c3ccn4ncc(C(=O)N5CCC(C)CC5)c4c3)CC2)cc1. The number of aromatic nitrogens is 2. The molecule has 202 valence electrons. The number of carbonyl (C=O) groups excluding carboxylic acids is 2. The average molecular weight is 540 g/mol. The van der Waals surface area contributed by atoms with Crippen LogP contribution in [0.25, 0.3) is 5.52 Å². The summed E-state index contributed by atoms with van der Waals surface area (Å²) < 4.78 is 34.2. The van der Waals surface area contributed by atoms with Crippen molar-refractivity contribution in [3.05, 3.63) is 59.9 Å². The summed E-state index contributed by atoms with van der Waals surface area (Å²) in [6.07, 6.45) is 6.32. The van der Waals surface area contributed by atoms with Gasteiger partial charge in [-0.1, -0.05) is 6.92 Å². The number of hydrogen-bond acceptors (Lipinski definition) is 6. The Kier molecular flexibility index (Phi) is 7.40. The first kappa shape index (κ1) is 26.2. The molecule has 0 radical (unpaired) electrons. The van der Waals surface area contributed by atoms with Crippen LogP contribution in [-0.4, -0.2) is 72.5 Å². The van der Waals surface area contributed by atoms with Crippen molar-refractivity contribution in [3.8, 4) is 0 Å². The number of piperidine rings is 2. The lowest BCUT2D eigenvalue weighted by atomic mass is 9.90. The molecule has 2 aliphatic rings. The van der Waals surface area contributed by atoms with Gasteiger partial charge in [0, 0.05) is 38.1 Å². The Hall–Kier alpha value is -3.44. The van der Waals surface area contributed by atoms with Crippen molar-refractivity contribution in [3.63, 3.8) is 0 Å². The standard InChI is InChI=1S/C27H33N5O5S/c1-19-7-12-30(13-8-19)26(33)24-18-28-32-16-11-21(17-25(24)32)20-9-14-31(15-10-20)38(35,36)23-5-3-22(4-6-23)29-27(34)37-2/h3-6,11,16-20H,7-10,12-15H2,1-2H3,(H,29,34). The number of nitrogens with one attached hydrogen (secondary N) is 1. The van der Waals surface area contributed by atoms with Crippen LogP contribution in [0.5, 0.6) is 0 Å². The molecule has 0 saturated carbocycles. The number of fused-ring (bicyclic) bond motifs is 1. The largest absolute Gasteiger partial charge is 0.453 e. The van der Waals surface area contributed by atoms with Gasteiger partial charge >= 0.3 is 6.09 Å². The number of ether oxygens (including phenoxy) is 1. The number of benzene rings is 1. The Morgan fingerprint density at radius 3 is 2.34 bits per heavy atom. The summed E-state index contributed by atoms with van der Waals surface area (Å²) in [4.78, 5) is 26.7. The number of hydrogen-bond donors (Lipinski definition) is 1. The van der Waals surface area contributed by atoms with E-state index in [1.807, 2.05) is 23.2 Å². The lowest BCUT2D eigenvalue weighted by Gasteiger charge is -2.31. The van der Waals surface area contributed by atoms with Gasteiger partial charge in [-0.25, -0.2) is 17.7 Å². The number of amides is 2. The smallest absolute Gasteiger partial charge is 0.411 e. The van der Waals surface area contributed by atoms with Gasteiger partial charge in [0.15, 0.2) is 0 Å². The van der Waals surface area contributed by atoms with E-state index in [1.165, 1.54) is 23.5 Å². The molecule has 0 bridgehead atoms. The fourth-order valence-corrected chi connectivity index (χ4v) is 6.73. The second-order valence-electron chi connectivity index (χ2n) is 10.1. The van der Waals surface area contributed by atoms with E-state index in [0.717, 1.165) is 37.0 Å². The van der Waals surface area contributed by atoms with Gasteiger partial charge in [0.2, 0.25) is 10.0 Å². The molecule has 11 heteroatoms. The molecule has 2 fully saturated rings. The predicted molar refractivity (Wildman–Crippen MR) is 143 cm³/mol. The molecule has 0 atom stereocenters. The van der Waals surface area contributed by atoms with Gasteiger partial charge in [-0.15, -0.1) is 0 Å². The Morgan fingerprint density at radius 2 is 1.68 bits per heavy atom. The quantitative estimate of drug-likeness (QED) is 0.525. The molecule has 2 aliphatic heterocycles. The first-order chi connectivity index (χ1) is 18.3. The van der Waals surface area contributed by atoms with Crippen LogP contribution in [0, 0.1) is 5.92 Å². The lowest BCUT2D eigenvalue weighted by Crippen LogP contribution is -2.38. The van der Waals surface area contributed by atoms with Crippen LogP contribution in [0.3, 0.4) is 0 Å². The van der Waals surface area contributed by atoms with Gasteiger partial charge < -0.3 is 9.64 Å². The van der Waals surface area contributed by atoms with Crippen molar-refractivity contribution < 1.29 is 22.7 Å². The number of methoxy groups -OCH3 is 1. The maximum absolute atomic E-state index is 13.2. The Morgan fingerprint density at radius 1 is 1.00 bits per heavy atom. The minimum absolute atomic E-state index is 0.0257. The summed E-state index contributed by atoms with van der Waals surface area (Å²) in [5.74, 6) is 0.858. The van der Waals surface area contributed by atoms with Crippen molar-refractivity contribution >= 4 is 33.2 Å². The van der Waals surface area contributed by atoms with Crippen LogP contribution >= 0.6 is 0 Å². The van der Waals surface area contributed by atoms with Gasteiger partial charge in [-0.3, -0.25) is 10.1 Å². The van der Waals surface area contributed by atoms with Crippen molar-refractivity contribution in [1.82, 2.24) is 18.8 Å². The highest BCUT2D eigenvalue weighted by Gasteiger charge is 2.31. The molecule has 2 aromatic heterocycles. The highest BCUT2D eigenvalue weighted by molar-refractivity contribution is 7.89. The number of rotatable bonds is 5. The molecule has 2 saturated heterocycles. The second-order valence-corrected chi connectivity index (χ2v) is 12.1. The third kappa shape index (κ3) is 5.25. The number of likely N-dealkylation sites (tertiary alicyclic amines) is 1. The molecule has 0 aliphatic carbocycles. The van der Waals surface area contributed by atoms with Crippen molar-refractivity contribution in [2.75, 3.05) is 38.6 Å². The van der Waals surface area contributed by atoms with Gasteiger partial charge in [0.1, 0.15) is 0 Å². The summed E-state index contributed by atoms with van der Waals surface area (Å²) in [6.45, 7) is 4.57. The van der Waals surface area contributed by atoms with E-state index in [4.69, 9.17) is 0 Å². The minimum atomic E-state index is -3.65. The van der Waals surface area contributed by atoms with E-state index in [0.29, 0.717) is 43.1 Å². The summed E-state index contributed by atoms with van der Waals surface area (Å²) in [6, 6.07) is 10.1. The van der Waals surface area contributed by atoms with E-state index in [1.54, 1.807) is 22.8 Å². The molecule has 0 spiro atoms. The average Bonchev–Trinajstić information content (AvgIpc) is 3.37. The van der Waals surface area contributed by atoms with E-state index in [9.17, 15) is 18.0 Å². The molecular weight excluding hydrogens is 506 g/mol. The van der Waals surface area contributed by atoms with Crippen LogP contribution in [0.15, 0.2) is 53.7 Å². The number of pyridine rings is 1. The summed E-state index contributed by atoms with van der Waals surface area (Å²) in [5, 5.41) is 6.91. The second kappa shape index (κ2) is 10.7. The van der Waals surface area contributed by atoms with Gasteiger partial charge in [0.25, 0.3) is 5.91 Å². The minimum Gasteiger partial charge on any atom is -0.453 e. The van der Waals surface area contributed by atoms with Crippen LogP contribution in [0.4, 0.5) is 10.5 Å². The van der Waals surface area contributed by atoms with Gasteiger partial charge in [-0.2, -0.15) is 9.40 Å². The fraction of sp³-hybridized carbons (Fsp3) is 0.444. The maximum Gasteiger partial charge on any atom is 0.411 e. The molecule has 10 nitrogen and oxygen atoms in total. The van der Waals surface area contributed by atoms with E-state index < -0.39 is 16.1 Å². The van der Waals surface area contributed by atoms with E-state index in [2.05, 4.69) is 22.1 Å². The summed E-state index contributed by atoms with van der Waals surface area (Å²) in [7, 11) is -2.39. The first-order valence-electron chi connectivity index (χ1n) is 13.0. The Balaban J connectivity index is 1.26. The first-order valence-corrected chi connectivity index (χ1v) is 14.4. The highest BCUT2D eigenvalue weighted by Crippen LogP contribution is 2.32. The monoisotopic (exact) mass is 539 g/mol. The topological polar surface area (TPSA) is 113 Å². The number of sulfonamides is 1. The van der Waals surface area contributed by atoms with Crippen LogP contribution < -0.4 is 5.32 Å². The third-order valence-corrected chi connectivity index (χ3v) is 9.61. The fourth-order valence-electron chi connectivity index (χ4n) is 5.26. The zero-order valence-corrected chi connectivity index (χ0v) is 22.5. The van der Waals surface area contributed by atoms with Crippen LogP contribution in [-0.2, 0) is 14.8 Å². The lowest BCUT2D eigenvalue weighted by molar-refractivity contribution is 0.0699. The molecule has 1 N–H and O–H groups in total. The van der Waals surface area contributed by atoms with Gasteiger partial charge in [0.05, 0.1) is 29.3 Å². The molecule has 0 unspecified atom stereocenters. The predicted octanol–water partition coefficient (Wildman–Crippen LogP) is 3.95. The van der Waals surface area contributed by atoms with E-state index in [-0.39, 0.29) is 16.7 Å². The molecular formula is C27H33N5O5S. The molecule has 4 heterocycles. The van der Waals surface area contributed by atoms with Crippen molar-refractivity contribution in [2.45, 2.75) is 43.4 Å². The van der Waals surface area contributed by atoms with Crippen LogP contribution in [0.2, 0.25) is 0 Å². The number of carbonyl (C=O) groups is 2. The number of nitrogens with zero attached hydrogens (tertiary/aromatic N) is 4. The number of anilines is 1. The maximum atomic E-state index is 13.2. The molecule has 38 heavy (non-hydrogen) atoms. The van der Waals surface area contributed by atoms with E-state index >= 15 is 0 Å². The zero-order chi connectivity index (χ0) is 26.9. The zero-order valence-electron chi connectivity index (χ0n) is 21.7. The Labute approximate surface area is 222 Å². The third-order valence-electron chi connectivity index (χ3n) is 7.70. The van der Waals surface area contributed by atoms with Crippen molar-refractivity contribution in [1.29, 1.82) is 0 Å². The van der Waals surface area contributed by atoms with Gasteiger partial charge in [-0.05, 0) is 79.5 Å². The molecule has 1 aromatic carbocycles. The highest BCUT2D eigenvalue weighted by atomic mass is 32.2. The molecule has 5 rings (SSSR count). The van der Waals surface area contributed by atoms with Crippen molar-refractivity contribution in [2.24, 2.45) is 5.92 Å². The normalized spacial score (nSPS) is 18.0. The summed E-state index contributed by atoms with van der Waals surface area (Å²) in [5.41, 5.74) is 2.96.